The Hall–Kier alpha value is -1.13. The van der Waals surface area contributed by atoms with Crippen molar-refractivity contribution >= 4 is 0 Å². The molecule has 3 aliphatic rings. The Balaban J connectivity index is 1.50. The second-order valence-electron chi connectivity index (χ2n) is 6.05. The van der Waals surface area contributed by atoms with Crippen molar-refractivity contribution in [3.05, 3.63) is 24.5 Å². The van der Waals surface area contributed by atoms with Crippen LogP contribution in [0, 0.1) is 5.92 Å². The summed E-state index contributed by atoms with van der Waals surface area (Å²) < 4.78 is 6.25. The van der Waals surface area contributed by atoms with Crippen LogP contribution in [0.3, 0.4) is 0 Å². The first-order valence-corrected chi connectivity index (χ1v) is 7.47. The lowest BCUT2D eigenvalue weighted by Crippen LogP contribution is -2.51. The second kappa shape index (κ2) is 4.76. The molecule has 102 valence electrons. The molecule has 4 heteroatoms. The van der Waals surface area contributed by atoms with Gasteiger partial charge in [0.15, 0.2) is 6.23 Å². The van der Waals surface area contributed by atoms with Crippen LogP contribution in [0.15, 0.2) is 24.5 Å². The minimum absolute atomic E-state index is 0.180. The quantitative estimate of drug-likeness (QED) is 0.892. The summed E-state index contributed by atoms with van der Waals surface area (Å²) >= 11 is 0. The number of nitrogens with one attached hydrogen (secondary N) is 1. The third-order valence-electron chi connectivity index (χ3n) is 4.64. The van der Waals surface area contributed by atoms with Crippen molar-refractivity contribution in [1.82, 2.24) is 15.2 Å². The first-order chi connectivity index (χ1) is 9.40. The normalized spacial score (nSPS) is 35.1. The zero-order chi connectivity index (χ0) is 12.7. The van der Waals surface area contributed by atoms with Crippen molar-refractivity contribution in [2.45, 2.75) is 44.0 Å². The number of hydrogen-bond donors (Lipinski definition) is 1. The van der Waals surface area contributed by atoms with E-state index in [4.69, 9.17) is 4.74 Å². The van der Waals surface area contributed by atoms with Gasteiger partial charge >= 0.3 is 0 Å². The maximum absolute atomic E-state index is 6.25. The molecule has 4 atom stereocenters. The SMILES string of the molecule is c1cncc(OC(C2CC3CC3N2)N2CCCC2)c1. The highest BCUT2D eigenvalue weighted by atomic mass is 16.5. The highest BCUT2D eigenvalue weighted by Gasteiger charge is 2.49. The zero-order valence-electron chi connectivity index (χ0n) is 11.2. The Morgan fingerprint density at radius 1 is 1.32 bits per heavy atom. The van der Waals surface area contributed by atoms with E-state index >= 15 is 0 Å². The van der Waals surface area contributed by atoms with Gasteiger partial charge in [-0.15, -0.1) is 0 Å². The molecule has 4 nitrogen and oxygen atoms in total. The van der Waals surface area contributed by atoms with Crippen LogP contribution in [0.2, 0.25) is 0 Å². The van der Waals surface area contributed by atoms with Crippen LogP contribution in [0.5, 0.6) is 5.75 Å². The maximum atomic E-state index is 6.25. The maximum Gasteiger partial charge on any atom is 0.168 e. The van der Waals surface area contributed by atoms with Gasteiger partial charge in [-0.05, 0) is 43.7 Å². The van der Waals surface area contributed by atoms with E-state index in [1.54, 1.807) is 6.20 Å². The number of ether oxygens (including phenoxy) is 1. The molecule has 1 aromatic rings. The second-order valence-corrected chi connectivity index (χ2v) is 6.05. The average Bonchev–Trinajstić information content (AvgIpc) is 2.88. The van der Waals surface area contributed by atoms with Crippen LogP contribution < -0.4 is 10.1 Å². The van der Waals surface area contributed by atoms with Gasteiger partial charge in [-0.1, -0.05) is 0 Å². The van der Waals surface area contributed by atoms with Crippen molar-refractivity contribution in [2.75, 3.05) is 13.1 Å². The van der Waals surface area contributed by atoms with E-state index in [-0.39, 0.29) is 6.23 Å². The number of likely N-dealkylation sites (tertiary alicyclic amines) is 1. The van der Waals surface area contributed by atoms with Gasteiger partial charge in [-0.25, -0.2) is 0 Å². The number of fused-ring (bicyclic) bond motifs is 1. The van der Waals surface area contributed by atoms with Gasteiger partial charge in [0, 0.05) is 25.3 Å². The molecule has 0 spiro atoms. The fraction of sp³-hybridized carbons (Fsp3) is 0.667. The zero-order valence-corrected chi connectivity index (χ0v) is 11.2. The third kappa shape index (κ3) is 2.35. The van der Waals surface area contributed by atoms with E-state index in [2.05, 4.69) is 15.2 Å². The van der Waals surface area contributed by atoms with Crippen molar-refractivity contribution < 1.29 is 4.74 Å². The minimum Gasteiger partial charge on any atom is -0.472 e. The molecule has 2 aliphatic heterocycles. The summed E-state index contributed by atoms with van der Waals surface area (Å²) in [6.45, 7) is 2.33. The summed E-state index contributed by atoms with van der Waals surface area (Å²) in [6, 6.07) is 5.21. The van der Waals surface area contributed by atoms with Crippen LogP contribution in [-0.4, -0.2) is 41.3 Å². The van der Waals surface area contributed by atoms with Crippen LogP contribution in [0.4, 0.5) is 0 Å². The molecule has 19 heavy (non-hydrogen) atoms. The molecule has 1 saturated carbocycles. The molecule has 0 radical (unpaired) electrons. The Bertz CT molecular complexity index is 422. The molecule has 0 amide bonds. The Labute approximate surface area is 114 Å². The Morgan fingerprint density at radius 3 is 2.89 bits per heavy atom. The number of hydrogen-bond acceptors (Lipinski definition) is 4. The lowest BCUT2D eigenvalue weighted by atomic mass is 10.1. The first-order valence-electron chi connectivity index (χ1n) is 7.47. The molecular formula is C15H21N3O. The average molecular weight is 259 g/mol. The van der Waals surface area contributed by atoms with E-state index < -0.39 is 0 Å². The van der Waals surface area contributed by atoms with Crippen molar-refractivity contribution in [2.24, 2.45) is 5.92 Å². The summed E-state index contributed by atoms with van der Waals surface area (Å²) in [5.41, 5.74) is 0. The fourth-order valence-electron chi connectivity index (χ4n) is 3.54. The first kappa shape index (κ1) is 11.7. The molecule has 1 N–H and O–H groups in total. The highest BCUT2D eigenvalue weighted by molar-refractivity contribution is 5.17. The van der Waals surface area contributed by atoms with E-state index in [0.717, 1.165) is 17.7 Å². The Kier molecular flexibility index (Phi) is 2.93. The van der Waals surface area contributed by atoms with E-state index in [1.807, 2.05) is 18.3 Å². The van der Waals surface area contributed by atoms with Gasteiger partial charge in [-0.2, -0.15) is 0 Å². The summed E-state index contributed by atoms with van der Waals surface area (Å²) in [7, 11) is 0. The van der Waals surface area contributed by atoms with Gasteiger partial charge in [0.25, 0.3) is 0 Å². The largest absolute Gasteiger partial charge is 0.472 e. The summed E-state index contributed by atoms with van der Waals surface area (Å²) in [5, 5.41) is 3.74. The monoisotopic (exact) mass is 259 g/mol. The number of rotatable bonds is 4. The highest BCUT2D eigenvalue weighted by Crippen LogP contribution is 2.42. The van der Waals surface area contributed by atoms with E-state index in [1.165, 1.54) is 38.8 Å². The van der Waals surface area contributed by atoms with Crippen LogP contribution >= 0.6 is 0 Å². The molecular weight excluding hydrogens is 238 g/mol. The molecule has 2 saturated heterocycles. The number of piperidine rings is 1. The molecule has 1 aliphatic carbocycles. The number of nitrogens with zero attached hydrogens (tertiary/aromatic N) is 2. The van der Waals surface area contributed by atoms with Gasteiger partial charge in [-0.3, -0.25) is 9.88 Å². The standard InChI is InChI=1S/C15H21N3O/c1-2-7-18(6-1)15(14-9-11-8-13(11)17-14)19-12-4-3-5-16-10-12/h3-5,10-11,13-15,17H,1-2,6-9H2. The Morgan fingerprint density at radius 2 is 2.21 bits per heavy atom. The van der Waals surface area contributed by atoms with Crippen LogP contribution in [-0.2, 0) is 0 Å². The van der Waals surface area contributed by atoms with Crippen molar-refractivity contribution in [3.63, 3.8) is 0 Å². The summed E-state index contributed by atoms with van der Waals surface area (Å²) in [5.74, 6) is 1.80. The van der Waals surface area contributed by atoms with E-state index in [0.29, 0.717) is 6.04 Å². The van der Waals surface area contributed by atoms with Crippen molar-refractivity contribution in [3.8, 4) is 5.75 Å². The predicted molar refractivity (Wildman–Crippen MR) is 72.9 cm³/mol. The molecule has 1 aromatic heterocycles. The van der Waals surface area contributed by atoms with Gasteiger partial charge in [0.1, 0.15) is 5.75 Å². The van der Waals surface area contributed by atoms with Gasteiger partial charge in [0.2, 0.25) is 0 Å². The molecule has 0 bridgehead atoms. The molecule has 4 rings (SSSR count). The topological polar surface area (TPSA) is 37.4 Å². The molecule has 0 aromatic carbocycles. The lowest BCUT2D eigenvalue weighted by molar-refractivity contribution is 0.0130. The summed E-state index contributed by atoms with van der Waals surface area (Å²) in [4.78, 5) is 6.65. The van der Waals surface area contributed by atoms with Crippen molar-refractivity contribution in [1.29, 1.82) is 0 Å². The molecule has 3 heterocycles. The molecule has 3 fully saturated rings. The van der Waals surface area contributed by atoms with Gasteiger partial charge < -0.3 is 10.1 Å². The smallest absolute Gasteiger partial charge is 0.168 e. The molecule has 4 unspecified atom stereocenters. The number of pyridine rings is 1. The predicted octanol–water partition coefficient (Wildman–Crippen LogP) is 1.63. The van der Waals surface area contributed by atoms with E-state index in [9.17, 15) is 0 Å². The third-order valence-corrected chi connectivity index (χ3v) is 4.64. The fourth-order valence-corrected chi connectivity index (χ4v) is 3.54. The number of aromatic nitrogens is 1. The minimum atomic E-state index is 0.180. The lowest BCUT2D eigenvalue weighted by Gasteiger charge is -2.33. The van der Waals surface area contributed by atoms with Gasteiger partial charge in [0.05, 0.1) is 12.2 Å². The summed E-state index contributed by atoms with van der Waals surface area (Å²) in [6.07, 6.45) is 9.03. The van der Waals surface area contributed by atoms with Crippen LogP contribution in [0.1, 0.15) is 25.7 Å². The van der Waals surface area contributed by atoms with Crippen LogP contribution in [0.25, 0.3) is 0 Å².